The summed E-state index contributed by atoms with van der Waals surface area (Å²) in [6.07, 6.45) is 1.95. The number of H-pyrrole nitrogens is 1. The number of nitrogens with zero attached hydrogens (tertiary/aromatic N) is 2. The number of aromatic nitrogens is 2. The molecule has 0 spiro atoms. The first-order chi connectivity index (χ1) is 14.8. The van der Waals surface area contributed by atoms with Gasteiger partial charge in [0.25, 0.3) is 0 Å². The van der Waals surface area contributed by atoms with Crippen LogP contribution in [0.1, 0.15) is 29.0 Å². The number of aromatic amines is 1. The van der Waals surface area contributed by atoms with E-state index < -0.39 is 10.0 Å². The van der Waals surface area contributed by atoms with Crippen LogP contribution >= 0.6 is 22.9 Å². The molecule has 1 fully saturated rings. The number of likely N-dealkylation sites (tertiary alicyclic amines) is 1. The quantitative estimate of drug-likeness (QED) is 0.520. The number of hydrogen-bond donors (Lipinski definition) is 2. The molecule has 4 rings (SSSR count). The van der Waals surface area contributed by atoms with Gasteiger partial charge < -0.3 is 0 Å². The second kappa shape index (κ2) is 9.42. The van der Waals surface area contributed by atoms with Crippen LogP contribution in [0.4, 0.5) is 0 Å². The minimum absolute atomic E-state index is 0.345. The Bertz CT molecular complexity index is 1150. The average molecular weight is 479 g/mol. The molecule has 6 nitrogen and oxygen atoms in total. The molecule has 1 aliphatic heterocycles. The molecule has 2 N–H and O–H groups in total. The molecule has 1 aromatic carbocycles. The molecule has 0 saturated carbocycles. The van der Waals surface area contributed by atoms with E-state index in [4.69, 9.17) is 11.6 Å². The smallest absolute Gasteiger partial charge is 0.241 e. The van der Waals surface area contributed by atoms with Crippen LogP contribution in [0.2, 0.25) is 5.02 Å². The van der Waals surface area contributed by atoms with Crippen LogP contribution in [0.3, 0.4) is 0 Å². The molecular formula is C22H27ClN4O2S2. The Hall–Kier alpha value is -1.71. The lowest BCUT2D eigenvalue weighted by Gasteiger charge is -2.32. The summed E-state index contributed by atoms with van der Waals surface area (Å²) in [6.45, 7) is 7.03. The molecule has 0 amide bonds. The highest BCUT2D eigenvalue weighted by Crippen LogP contribution is 2.33. The molecule has 0 aliphatic carbocycles. The van der Waals surface area contributed by atoms with Crippen molar-refractivity contribution >= 4 is 33.0 Å². The van der Waals surface area contributed by atoms with Crippen LogP contribution in [-0.4, -0.2) is 43.1 Å². The lowest BCUT2D eigenvalue weighted by atomic mass is 9.97. The van der Waals surface area contributed by atoms with Crippen molar-refractivity contribution in [1.29, 1.82) is 0 Å². The maximum Gasteiger partial charge on any atom is 0.241 e. The van der Waals surface area contributed by atoms with Crippen LogP contribution in [0.15, 0.2) is 41.3 Å². The van der Waals surface area contributed by atoms with Gasteiger partial charge in [0.1, 0.15) is 5.69 Å². The molecule has 1 saturated heterocycles. The monoisotopic (exact) mass is 478 g/mol. The Morgan fingerprint density at radius 3 is 2.68 bits per heavy atom. The van der Waals surface area contributed by atoms with Gasteiger partial charge in [0.15, 0.2) is 0 Å². The highest BCUT2D eigenvalue weighted by atomic mass is 35.5. The van der Waals surface area contributed by atoms with Gasteiger partial charge in [0, 0.05) is 28.7 Å². The minimum atomic E-state index is -3.54. The summed E-state index contributed by atoms with van der Waals surface area (Å²) < 4.78 is 28.7. The predicted octanol–water partition coefficient (Wildman–Crippen LogP) is 4.60. The van der Waals surface area contributed by atoms with E-state index >= 15 is 0 Å². The van der Waals surface area contributed by atoms with Gasteiger partial charge in [-0.3, -0.25) is 10.00 Å². The number of hydrogen-bond acceptors (Lipinski definition) is 5. The maximum absolute atomic E-state index is 12.9. The third-order valence-electron chi connectivity index (χ3n) is 5.68. The van der Waals surface area contributed by atoms with Crippen LogP contribution in [0, 0.1) is 19.8 Å². The van der Waals surface area contributed by atoms with E-state index in [0.29, 0.717) is 17.4 Å². The Morgan fingerprint density at radius 2 is 2.00 bits per heavy atom. The number of piperidine rings is 1. The molecule has 0 bridgehead atoms. The van der Waals surface area contributed by atoms with Gasteiger partial charge in [0.05, 0.1) is 9.77 Å². The van der Waals surface area contributed by atoms with E-state index in [-0.39, 0.29) is 0 Å². The molecule has 3 heterocycles. The fourth-order valence-electron chi connectivity index (χ4n) is 3.95. The molecule has 9 heteroatoms. The van der Waals surface area contributed by atoms with Crippen molar-refractivity contribution in [2.24, 2.45) is 5.92 Å². The van der Waals surface area contributed by atoms with Gasteiger partial charge in [0.2, 0.25) is 10.0 Å². The fourth-order valence-corrected chi connectivity index (χ4v) is 6.83. The first kappa shape index (κ1) is 22.5. The van der Waals surface area contributed by atoms with Crippen molar-refractivity contribution in [3.63, 3.8) is 0 Å². The van der Waals surface area contributed by atoms with Gasteiger partial charge in [-0.25, -0.2) is 13.1 Å². The summed E-state index contributed by atoms with van der Waals surface area (Å²) in [6, 6.07) is 11.6. The molecular weight excluding hydrogens is 452 g/mol. The van der Waals surface area contributed by atoms with E-state index in [0.717, 1.165) is 58.6 Å². The van der Waals surface area contributed by atoms with Crippen molar-refractivity contribution < 1.29 is 8.42 Å². The minimum Gasteiger partial charge on any atom is -0.299 e. The Kier molecular flexibility index (Phi) is 6.83. The Balaban J connectivity index is 1.32. The molecule has 166 valence electrons. The van der Waals surface area contributed by atoms with Crippen molar-refractivity contribution in [3.05, 3.63) is 57.6 Å². The zero-order chi connectivity index (χ0) is 22.0. The van der Waals surface area contributed by atoms with E-state index in [1.807, 2.05) is 38.1 Å². The van der Waals surface area contributed by atoms with Crippen molar-refractivity contribution in [1.82, 2.24) is 19.8 Å². The average Bonchev–Trinajstić information content (AvgIpc) is 3.33. The topological polar surface area (TPSA) is 78.1 Å². The van der Waals surface area contributed by atoms with E-state index in [1.54, 1.807) is 6.07 Å². The first-order valence-electron chi connectivity index (χ1n) is 10.4. The number of aryl methyl sites for hydroxylation is 2. The van der Waals surface area contributed by atoms with Gasteiger partial charge in [-0.1, -0.05) is 23.7 Å². The van der Waals surface area contributed by atoms with Crippen LogP contribution in [-0.2, 0) is 16.6 Å². The van der Waals surface area contributed by atoms with Crippen molar-refractivity contribution in [2.45, 2.75) is 38.1 Å². The van der Waals surface area contributed by atoms with Gasteiger partial charge in [-0.2, -0.15) is 5.10 Å². The highest BCUT2D eigenvalue weighted by Gasteiger charge is 2.24. The third-order valence-corrected chi connectivity index (χ3v) is 8.67. The number of thiophene rings is 1. The number of benzene rings is 1. The van der Waals surface area contributed by atoms with E-state index in [2.05, 4.69) is 25.9 Å². The summed E-state index contributed by atoms with van der Waals surface area (Å²) in [4.78, 5) is 4.39. The first-order valence-corrected chi connectivity index (χ1v) is 13.1. The van der Waals surface area contributed by atoms with E-state index in [9.17, 15) is 8.42 Å². The van der Waals surface area contributed by atoms with Gasteiger partial charge in [-0.15, -0.1) is 11.3 Å². The number of sulfonamides is 1. The second-order valence-electron chi connectivity index (χ2n) is 8.17. The summed E-state index contributed by atoms with van der Waals surface area (Å²) in [5.74, 6) is 0.345. The lowest BCUT2D eigenvalue weighted by molar-refractivity contribution is 0.178. The molecule has 0 atom stereocenters. The third kappa shape index (κ3) is 5.56. The SMILES string of the molecule is Cc1cc(-c2cc(S(=O)(=O)NCC3CCN(Cc4cccc(Cl)c4)CC3)c(C)s2)n[nH]1. The predicted molar refractivity (Wildman–Crippen MR) is 126 cm³/mol. The normalized spacial score (nSPS) is 16.1. The molecule has 0 radical (unpaired) electrons. The maximum atomic E-state index is 12.9. The van der Waals surface area contributed by atoms with Gasteiger partial charge in [-0.05, 0) is 75.5 Å². The number of nitrogens with one attached hydrogen (secondary N) is 2. The number of halogens is 1. The van der Waals surface area contributed by atoms with E-state index in [1.165, 1.54) is 16.9 Å². The van der Waals surface area contributed by atoms with Crippen LogP contribution < -0.4 is 4.72 Å². The molecule has 3 aromatic rings. The van der Waals surface area contributed by atoms with Crippen LogP contribution in [0.5, 0.6) is 0 Å². The largest absolute Gasteiger partial charge is 0.299 e. The zero-order valence-electron chi connectivity index (χ0n) is 17.7. The second-order valence-corrected chi connectivity index (χ2v) is 11.6. The summed E-state index contributed by atoms with van der Waals surface area (Å²) in [5.41, 5.74) is 2.94. The van der Waals surface area contributed by atoms with Crippen molar-refractivity contribution in [3.8, 4) is 10.6 Å². The van der Waals surface area contributed by atoms with Crippen LogP contribution in [0.25, 0.3) is 10.6 Å². The molecule has 0 unspecified atom stereocenters. The highest BCUT2D eigenvalue weighted by molar-refractivity contribution is 7.89. The van der Waals surface area contributed by atoms with Gasteiger partial charge >= 0.3 is 0 Å². The summed E-state index contributed by atoms with van der Waals surface area (Å²) >= 11 is 7.53. The molecule has 2 aromatic heterocycles. The molecule has 31 heavy (non-hydrogen) atoms. The standard InChI is InChI=1S/C22H27ClN4O2S2/c1-15-10-20(26-25-15)21-12-22(16(2)30-21)31(28,29)24-13-17-6-8-27(9-7-17)14-18-4-3-5-19(23)11-18/h3-5,10-12,17,24H,6-9,13-14H2,1-2H3,(H,25,26). The summed E-state index contributed by atoms with van der Waals surface area (Å²) in [7, 11) is -3.54. The Labute approximate surface area is 192 Å². The number of rotatable bonds is 7. The lowest BCUT2D eigenvalue weighted by Crippen LogP contribution is -2.38. The van der Waals surface area contributed by atoms with Crippen molar-refractivity contribution in [2.75, 3.05) is 19.6 Å². The molecule has 1 aliphatic rings. The summed E-state index contributed by atoms with van der Waals surface area (Å²) in [5, 5.41) is 7.91. The fraction of sp³-hybridized carbons (Fsp3) is 0.409. The zero-order valence-corrected chi connectivity index (χ0v) is 20.1. The Morgan fingerprint density at radius 1 is 1.23 bits per heavy atom.